The Bertz CT molecular complexity index is 682. The van der Waals surface area contributed by atoms with Gasteiger partial charge in [0, 0.05) is 37.8 Å². The molecule has 1 fully saturated rings. The van der Waals surface area contributed by atoms with E-state index in [1.54, 1.807) is 4.90 Å². The van der Waals surface area contributed by atoms with Crippen LogP contribution in [-0.2, 0) is 17.6 Å². The lowest BCUT2D eigenvalue weighted by Crippen LogP contribution is -2.39. The Hall–Kier alpha value is -2.40. The number of nitrogens with one attached hydrogen (secondary N) is 1. The highest BCUT2D eigenvalue weighted by Crippen LogP contribution is 2.15. The molecule has 138 valence electrons. The molecular formula is C21H27N3O2. The molecule has 0 unspecified atom stereocenters. The van der Waals surface area contributed by atoms with Crippen LogP contribution in [0.5, 0.6) is 0 Å². The molecule has 1 saturated heterocycles. The quantitative estimate of drug-likeness (QED) is 0.857. The summed E-state index contributed by atoms with van der Waals surface area (Å²) in [5, 5.41) is 2.95. The van der Waals surface area contributed by atoms with Crippen molar-refractivity contribution in [1.82, 2.24) is 9.88 Å². The normalized spacial score (nSPS) is 16.9. The third-order valence-corrected chi connectivity index (χ3v) is 4.70. The van der Waals surface area contributed by atoms with Gasteiger partial charge in [0.1, 0.15) is 0 Å². The maximum absolute atomic E-state index is 12.3. The van der Waals surface area contributed by atoms with Crippen molar-refractivity contribution in [2.75, 3.05) is 25.5 Å². The van der Waals surface area contributed by atoms with Crippen molar-refractivity contribution in [1.29, 1.82) is 0 Å². The number of amides is 2. The van der Waals surface area contributed by atoms with Crippen LogP contribution >= 0.6 is 0 Å². The largest absolute Gasteiger partial charge is 0.376 e. The topological polar surface area (TPSA) is 54.5 Å². The van der Waals surface area contributed by atoms with Crippen LogP contribution in [0.3, 0.4) is 0 Å². The van der Waals surface area contributed by atoms with Gasteiger partial charge in [-0.3, -0.25) is 4.98 Å². The summed E-state index contributed by atoms with van der Waals surface area (Å²) in [6, 6.07) is 13.9. The fraction of sp³-hybridized carbons (Fsp3) is 0.429. The molecule has 0 radical (unpaired) electrons. The molecule has 2 heterocycles. The molecular weight excluding hydrogens is 326 g/mol. The Morgan fingerprint density at radius 3 is 2.73 bits per heavy atom. The SMILES string of the molecule is CN(C[C@@H]1CCCCO1)C(=O)Nc1ccc(CCc2ccccn2)cc1. The van der Waals surface area contributed by atoms with Gasteiger partial charge in [0.05, 0.1) is 6.10 Å². The summed E-state index contributed by atoms with van der Waals surface area (Å²) in [4.78, 5) is 18.4. The van der Waals surface area contributed by atoms with Gasteiger partial charge in [0.15, 0.2) is 0 Å². The van der Waals surface area contributed by atoms with Gasteiger partial charge in [0.25, 0.3) is 0 Å². The van der Waals surface area contributed by atoms with Crippen LogP contribution in [0.15, 0.2) is 48.7 Å². The molecule has 26 heavy (non-hydrogen) atoms. The van der Waals surface area contributed by atoms with Crippen molar-refractivity contribution >= 4 is 11.7 Å². The van der Waals surface area contributed by atoms with Crippen molar-refractivity contribution in [3.8, 4) is 0 Å². The van der Waals surface area contributed by atoms with Gasteiger partial charge in [-0.05, 0) is 61.9 Å². The van der Waals surface area contributed by atoms with E-state index in [0.29, 0.717) is 6.54 Å². The number of hydrogen-bond acceptors (Lipinski definition) is 3. The summed E-state index contributed by atoms with van der Waals surface area (Å²) >= 11 is 0. The van der Waals surface area contributed by atoms with E-state index < -0.39 is 0 Å². The zero-order valence-corrected chi connectivity index (χ0v) is 15.4. The van der Waals surface area contributed by atoms with Crippen LogP contribution in [0.4, 0.5) is 10.5 Å². The molecule has 0 saturated carbocycles. The Kier molecular flexibility index (Phi) is 6.61. The number of benzene rings is 1. The van der Waals surface area contributed by atoms with E-state index >= 15 is 0 Å². The van der Waals surface area contributed by atoms with Crippen molar-refractivity contribution < 1.29 is 9.53 Å². The molecule has 1 aliphatic rings. The van der Waals surface area contributed by atoms with E-state index in [2.05, 4.69) is 22.4 Å². The van der Waals surface area contributed by atoms with E-state index in [9.17, 15) is 4.79 Å². The van der Waals surface area contributed by atoms with E-state index in [4.69, 9.17) is 4.74 Å². The molecule has 5 nitrogen and oxygen atoms in total. The fourth-order valence-corrected chi connectivity index (χ4v) is 3.13. The summed E-state index contributed by atoms with van der Waals surface area (Å²) in [6.45, 7) is 1.44. The van der Waals surface area contributed by atoms with Gasteiger partial charge >= 0.3 is 6.03 Å². The van der Waals surface area contributed by atoms with E-state index in [1.165, 1.54) is 12.0 Å². The van der Waals surface area contributed by atoms with Gasteiger partial charge in [-0.25, -0.2) is 4.79 Å². The number of anilines is 1. The highest BCUT2D eigenvalue weighted by atomic mass is 16.5. The third kappa shape index (κ3) is 5.56. The monoisotopic (exact) mass is 353 g/mol. The van der Waals surface area contributed by atoms with Crippen LogP contribution in [0.25, 0.3) is 0 Å². The third-order valence-electron chi connectivity index (χ3n) is 4.70. The molecule has 1 atom stereocenters. The highest BCUT2D eigenvalue weighted by Gasteiger charge is 2.18. The van der Waals surface area contributed by atoms with Crippen molar-refractivity contribution in [3.05, 3.63) is 59.9 Å². The molecule has 2 aromatic rings. The van der Waals surface area contributed by atoms with Crippen LogP contribution in [-0.4, -0.2) is 42.2 Å². The number of urea groups is 1. The van der Waals surface area contributed by atoms with Gasteiger partial charge in [-0.1, -0.05) is 18.2 Å². The van der Waals surface area contributed by atoms with Gasteiger partial charge in [0.2, 0.25) is 0 Å². The predicted octanol–water partition coefficient (Wildman–Crippen LogP) is 3.90. The van der Waals surface area contributed by atoms with Crippen LogP contribution < -0.4 is 5.32 Å². The summed E-state index contributed by atoms with van der Waals surface area (Å²) in [5.41, 5.74) is 3.14. The smallest absolute Gasteiger partial charge is 0.321 e. The molecule has 1 aromatic carbocycles. The highest BCUT2D eigenvalue weighted by molar-refractivity contribution is 5.89. The van der Waals surface area contributed by atoms with E-state index in [1.807, 2.05) is 43.6 Å². The number of nitrogens with zero attached hydrogens (tertiary/aromatic N) is 2. The van der Waals surface area contributed by atoms with Crippen molar-refractivity contribution in [2.24, 2.45) is 0 Å². The van der Waals surface area contributed by atoms with Crippen LogP contribution in [0.1, 0.15) is 30.5 Å². The number of likely N-dealkylation sites (N-methyl/N-ethyl adjacent to an activating group) is 1. The number of carbonyl (C=O) groups excluding carboxylic acids is 1. The van der Waals surface area contributed by atoms with Gasteiger partial charge in [-0.2, -0.15) is 0 Å². The number of ether oxygens (including phenoxy) is 1. The lowest BCUT2D eigenvalue weighted by Gasteiger charge is -2.27. The molecule has 1 aliphatic heterocycles. The van der Waals surface area contributed by atoms with E-state index in [0.717, 1.165) is 43.7 Å². The number of carbonyl (C=O) groups is 1. The number of aryl methyl sites for hydroxylation is 2. The minimum absolute atomic E-state index is 0.0968. The first-order valence-corrected chi connectivity index (χ1v) is 9.33. The molecule has 2 amide bonds. The second-order valence-electron chi connectivity index (χ2n) is 6.82. The number of aromatic nitrogens is 1. The summed E-state index contributed by atoms with van der Waals surface area (Å²) in [6.07, 6.45) is 7.17. The molecule has 0 spiro atoms. The average Bonchev–Trinajstić information content (AvgIpc) is 2.69. The summed E-state index contributed by atoms with van der Waals surface area (Å²) in [7, 11) is 1.81. The van der Waals surface area contributed by atoms with E-state index in [-0.39, 0.29) is 12.1 Å². The average molecular weight is 353 g/mol. The fourth-order valence-electron chi connectivity index (χ4n) is 3.13. The molecule has 0 bridgehead atoms. The Balaban J connectivity index is 1.46. The number of hydrogen-bond donors (Lipinski definition) is 1. The van der Waals surface area contributed by atoms with Gasteiger partial charge < -0.3 is 15.0 Å². The molecule has 1 aromatic heterocycles. The Morgan fingerprint density at radius 2 is 2.04 bits per heavy atom. The van der Waals surface area contributed by atoms with Crippen molar-refractivity contribution in [2.45, 2.75) is 38.2 Å². The lowest BCUT2D eigenvalue weighted by atomic mass is 10.1. The second kappa shape index (κ2) is 9.34. The minimum Gasteiger partial charge on any atom is -0.376 e. The Morgan fingerprint density at radius 1 is 1.19 bits per heavy atom. The first kappa shape index (κ1) is 18.4. The van der Waals surface area contributed by atoms with Crippen molar-refractivity contribution in [3.63, 3.8) is 0 Å². The minimum atomic E-state index is -0.0968. The molecule has 5 heteroatoms. The second-order valence-corrected chi connectivity index (χ2v) is 6.82. The zero-order valence-electron chi connectivity index (χ0n) is 15.4. The van der Waals surface area contributed by atoms with Crippen LogP contribution in [0.2, 0.25) is 0 Å². The first-order valence-electron chi connectivity index (χ1n) is 9.33. The molecule has 3 rings (SSSR count). The van der Waals surface area contributed by atoms with Gasteiger partial charge in [-0.15, -0.1) is 0 Å². The summed E-state index contributed by atoms with van der Waals surface area (Å²) < 4.78 is 5.70. The number of pyridine rings is 1. The first-order chi connectivity index (χ1) is 12.7. The molecule has 1 N–H and O–H groups in total. The maximum Gasteiger partial charge on any atom is 0.321 e. The zero-order chi connectivity index (χ0) is 18.2. The number of rotatable bonds is 6. The molecule has 0 aliphatic carbocycles. The lowest BCUT2D eigenvalue weighted by molar-refractivity contribution is 0.00463. The Labute approximate surface area is 155 Å². The maximum atomic E-state index is 12.3. The van der Waals surface area contributed by atoms with Crippen LogP contribution in [0, 0.1) is 0 Å². The standard InChI is InChI=1S/C21H27N3O2/c1-24(16-20-7-3-5-15-26-20)21(25)23-19-12-9-17(10-13-19)8-11-18-6-2-4-14-22-18/h2,4,6,9-10,12-14,20H,3,5,7-8,11,15-16H2,1H3,(H,23,25)/t20-/m0/s1. The predicted molar refractivity (Wildman–Crippen MR) is 103 cm³/mol. The summed E-state index contributed by atoms with van der Waals surface area (Å²) in [5.74, 6) is 0.